The van der Waals surface area contributed by atoms with Gasteiger partial charge >= 0.3 is 0 Å². The Kier molecular flexibility index (Phi) is 5.48. The molecule has 0 aliphatic heterocycles. The first-order chi connectivity index (χ1) is 11.3. The first-order valence-corrected chi connectivity index (χ1v) is 8.83. The molecule has 24 heavy (non-hydrogen) atoms. The Morgan fingerprint density at radius 1 is 1.04 bits per heavy atom. The Labute approximate surface area is 140 Å². The van der Waals surface area contributed by atoms with Gasteiger partial charge in [-0.05, 0) is 24.6 Å². The van der Waals surface area contributed by atoms with Crippen molar-refractivity contribution >= 4 is 27.4 Å². The zero-order chi connectivity index (χ0) is 17.7. The summed E-state index contributed by atoms with van der Waals surface area (Å²) in [6.07, 6.45) is 0.0794. The number of benzene rings is 2. The number of hydrogen-bond acceptors (Lipinski definition) is 4. The topological polar surface area (TPSA) is 106 Å². The van der Waals surface area contributed by atoms with Crippen LogP contribution in [0.15, 0.2) is 53.4 Å². The van der Waals surface area contributed by atoms with E-state index in [0.717, 1.165) is 0 Å². The van der Waals surface area contributed by atoms with Crippen molar-refractivity contribution in [3.8, 4) is 0 Å². The monoisotopic (exact) mass is 346 g/mol. The third kappa shape index (κ3) is 4.74. The summed E-state index contributed by atoms with van der Waals surface area (Å²) in [5.41, 5.74) is 1.37. The lowest BCUT2D eigenvalue weighted by molar-refractivity contribution is -0.116. The lowest BCUT2D eigenvalue weighted by Crippen LogP contribution is -2.16. The van der Waals surface area contributed by atoms with E-state index in [1.54, 1.807) is 43.3 Å². The fourth-order valence-electron chi connectivity index (χ4n) is 2.20. The fourth-order valence-corrected chi connectivity index (χ4v) is 3.01. The summed E-state index contributed by atoms with van der Waals surface area (Å²) < 4.78 is 23.0. The van der Waals surface area contributed by atoms with Crippen LogP contribution >= 0.6 is 0 Å². The molecule has 2 rings (SSSR count). The maximum absolute atomic E-state index is 12.0. The van der Waals surface area contributed by atoms with Gasteiger partial charge in [0.25, 0.3) is 0 Å². The van der Waals surface area contributed by atoms with Crippen LogP contribution in [0.4, 0.5) is 5.69 Å². The average Bonchev–Trinajstić information content (AvgIpc) is 2.54. The van der Waals surface area contributed by atoms with Crippen molar-refractivity contribution in [2.45, 2.75) is 24.7 Å². The van der Waals surface area contributed by atoms with Crippen LogP contribution in [0.3, 0.4) is 0 Å². The molecule has 0 aliphatic rings. The molecule has 0 unspecified atom stereocenters. The average molecular weight is 346 g/mol. The number of aryl methyl sites for hydroxylation is 1. The highest BCUT2D eigenvalue weighted by Gasteiger charge is 2.14. The second kappa shape index (κ2) is 7.37. The van der Waals surface area contributed by atoms with Crippen LogP contribution in [0, 0.1) is 6.92 Å². The molecule has 0 saturated heterocycles. The van der Waals surface area contributed by atoms with Crippen molar-refractivity contribution in [2.75, 3.05) is 5.32 Å². The first kappa shape index (κ1) is 17.8. The van der Waals surface area contributed by atoms with Crippen LogP contribution in [0.1, 0.15) is 28.8 Å². The maximum atomic E-state index is 12.0. The molecule has 0 saturated carbocycles. The van der Waals surface area contributed by atoms with Gasteiger partial charge in [-0.25, -0.2) is 13.6 Å². The Bertz CT molecular complexity index is 861. The number of ketones is 1. The van der Waals surface area contributed by atoms with Crippen molar-refractivity contribution in [1.29, 1.82) is 0 Å². The van der Waals surface area contributed by atoms with Gasteiger partial charge in [-0.3, -0.25) is 9.59 Å². The summed E-state index contributed by atoms with van der Waals surface area (Å²) in [6.45, 7) is 1.61. The van der Waals surface area contributed by atoms with Gasteiger partial charge in [0.05, 0.1) is 4.90 Å². The van der Waals surface area contributed by atoms with Crippen LogP contribution in [-0.4, -0.2) is 20.1 Å². The lowest BCUT2D eigenvalue weighted by atomic mass is 10.1. The zero-order valence-corrected chi connectivity index (χ0v) is 14.0. The summed E-state index contributed by atoms with van der Waals surface area (Å²) in [5, 5.41) is 7.71. The molecule has 0 heterocycles. The summed E-state index contributed by atoms with van der Waals surface area (Å²) in [6, 6.07) is 13.2. The fraction of sp³-hybridized carbons (Fsp3) is 0.176. The predicted octanol–water partition coefficient (Wildman–Crippen LogP) is 2.24. The van der Waals surface area contributed by atoms with Crippen molar-refractivity contribution in [3.05, 3.63) is 59.7 Å². The number of nitrogens with one attached hydrogen (secondary N) is 1. The number of amides is 1. The number of hydrogen-bond donors (Lipinski definition) is 2. The highest BCUT2D eigenvalue weighted by Crippen LogP contribution is 2.19. The van der Waals surface area contributed by atoms with Crippen LogP contribution in [0.2, 0.25) is 0 Å². The van der Waals surface area contributed by atoms with Crippen LogP contribution < -0.4 is 10.5 Å². The number of sulfonamides is 1. The molecular formula is C17H18N2O4S. The first-order valence-electron chi connectivity index (χ1n) is 7.29. The number of primary sulfonamides is 1. The molecule has 3 N–H and O–H groups in total. The Morgan fingerprint density at radius 3 is 2.33 bits per heavy atom. The van der Waals surface area contributed by atoms with E-state index in [1.807, 2.05) is 6.07 Å². The lowest BCUT2D eigenvalue weighted by Gasteiger charge is -2.09. The van der Waals surface area contributed by atoms with Crippen molar-refractivity contribution in [3.63, 3.8) is 0 Å². The molecule has 6 nitrogen and oxygen atoms in total. The molecule has 126 valence electrons. The second-order valence-corrected chi connectivity index (χ2v) is 6.89. The molecule has 0 spiro atoms. The summed E-state index contributed by atoms with van der Waals surface area (Å²) in [7, 11) is -3.86. The van der Waals surface area contributed by atoms with Crippen molar-refractivity contribution < 1.29 is 18.0 Å². The van der Waals surface area contributed by atoms with Gasteiger partial charge in [-0.15, -0.1) is 0 Å². The third-order valence-electron chi connectivity index (χ3n) is 3.45. The van der Waals surface area contributed by atoms with Gasteiger partial charge in [-0.1, -0.05) is 36.4 Å². The van der Waals surface area contributed by atoms with Gasteiger partial charge in [0, 0.05) is 24.1 Å². The van der Waals surface area contributed by atoms with E-state index in [1.165, 1.54) is 6.07 Å². The van der Waals surface area contributed by atoms with E-state index in [2.05, 4.69) is 5.32 Å². The molecule has 0 aromatic heterocycles. The second-order valence-electron chi connectivity index (χ2n) is 5.36. The molecule has 1 amide bonds. The molecule has 0 radical (unpaired) electrons. The number of carbonyl (C=O) groups is 2. The third-order valence-corrected chi connectivity index (χ3v) is 4.51. The standard InChI is InChI=1S/C17H18N2O4S/c1-12-7-8-14(11-16(12)24(18,22)23)19-17(21)10-9-15(20)13-5-3-2-4-6-13/h2-8,11H,9-10H2,1H3,(H,19,21)(H2,18,22,23). The molecule has 0 fully saturated rings. The smallest absolute Gasteiger partial charge is 0.238 e. The normalized spacial score (nSPS) is 11.1. The minimum atomic E-state index is -3.86. The Morgan fingerprint density at radius 2 is 1.71 bits per heavy atom. The number of Topliss-reactive ketones (excluding diaryl/α,β-unsaturated/α-hetero) is 1. The largest absolute Gasteiger partial charge is 0.326 e. The highest BCUT2D eigenvalue weighted by molar-refractivity contribution is 7.89. The van der Waals surface area contributed by atoms with Crippen LogP contribution in [-0.2, 0) is 14.8 Å². The van der Waals surface area contributed by atoms with Crippen molar-refractivity contribution in [2.24, 2.45) is 5.14 Å². The van der Waals surface area contributed by atoms with Gasteiger partial charge in [0.1, 0.15) is 0 Å². The number of rotatable bonds is 6. The zero-order valence-electron chi connectivity index (χ0n) is 13.2. The van der Waals surface area contributed by atoms with E-state index in [-0.39, 0.29) is 29.4 Å². The summed E-state index contributed by atoms with van der Waals surface area (Å²) in [4.78, 5) is 23.9. The Balaban J connectivity index is 1.99. The SMILES string of the molecule is Cc1ccc(NC(=O)CCC(=O)c2ccccc2)cc1S(N)(=O)=O. The predicted molar refractivity (Wildman–Crippen MR) is 91.2 cm³/mol. The van der Waals surface area contributed by atoms with E-state index in [9.17, 15) is 18.0 Å². The van der Waals surface area contributed by atoms with Gasteiger partial charge in [0.2, 0.25) is 15.9 Å². The summed E-state index contributed by atoms with van der Waals surface area (Å²) >= 11 is 0. The minimum absolute atomic E-state index is 0.00626. The molecule has 2 aromatic rings. The van der Waals surface area contributed by atoms with E-state index < -0.39 is 10.0 Å². The van der Waals surface area contributed by atoms with Gasteiger partial charge < -0.3 is 5.32 Å². The van der Waals surface area contributed by atoms with Gasteiger partial charge in [-0.2, -0.15) is 0 Å². The quantitative estimate of drug-likeness (QED) is 0.782. The molecule has 2 aromatic carbocycles. The van der Waals surface area contributed by atoms with Crippen molar-refractivity contribution in [1.82, 2.24) is 0 Å². The summed E-state index contributed by atoms with van der Waals surface area (Å²) in [5.74, 6) is -0.497. The number of nitrogens with two attached hydrogens (primary N) is 1. The van der Waals surface area contributed by atoms with Crippen LogP contribution in [0.5, 0.6) is 0 Å². The maximum Gasteiger partial charge on any atom is 0.238 e. The molecule has 0 atom stereocenters. The van der Waals surface area contributed by atoms with E-state index >= 15 is 0 Å². The number of anilines is 1. The van der Waals surface area contributed by atoms with Crippen LogP contribution in [0.25, 0.3) is 0 Å². The molecule has 0 bridgehead atoms. The van der Waals surface area contributed by atoms with E-state index in [4.69, 9.17) is 5.14 Å². The number of carbonyl (C=O) groups excluding carboxylic acids is 2. The van der Waals surface area contributed by atoms with E-state index in [0.29, 0.717) is 16.8 Å². The Hall–Kier alpha value is -2.51. The molecule has 0 aliphatic carbocycles. The highest BCUT2D eigenvalue weighted by atomic mass is 32.2. The molecule has 7 heteroatoms. The minimum Gasteiger partial charge on any atom is -0.326 e. The van der Waals surface area contributed by atoms with Gasteiger partial charge in [0.15, 0.2) is 5.78 Å². The molecular weight excluding hydrogens is 328 g/mol.